The maximum Gasteiger partial charge on any atom is 0.160 e. The lowest BCUT2D eigenvalue weighted by Gasteiger charge is -2.08. The first-order chi connectivity index (χ1) is 11.4. The lowest BCUT2D eigenvalue weighted by Crippen LogP contribution is -1.94. The number of nitrogens with zero attached hydrogens (tertiary/aromatic N) is 2. The number of benzene rings is 3. The van der Waals surface area contributed by atoms with Gasteiger partial charge in [-0.05, 0) is 34.7 Å². The molecular weight excluding hydrogens is 280 g/mol. The fourth-order valence-corrected chi connectivity index (χ4v) is 3.47. The van der Waals surface area contributed by atoms with E-state index in [1.807, 2.05) is 30.5 Å². The summed E-state index contributed by atoms with van der Waals surface area (Å²) >= 11 is 0. The van der Waals surface area contributed by atoms with Crippen LogP contribution in [-0.4, -0.2) is 9.97 Å². The van der Waals surface area contributed by atoms with Crippen LogP contribution in [0.25, 0.3) is 33.4 Å². The van der Waals surface area contributed by atoms with Crippen molar-refractivity contribution in [3.05, 3.63) is 84.1 Å². The first kappa shape index (κ1) is 12.5. The maximum absolute atomic E-state index is 4.77. The molecule has 0 saturated carbocycles. The van der Waals surface area contributed by atoms with Gasteiger partial charge in [0.15, 0.2) is 5.82 Å². The van der Waals surface area contributed by atoms with Crippen LogP contribution in [0.1, 0.15) is 11.1 Å². The quantitative estimate of drug-likeness (QED) is 0.441. The largest absolute Gasteiger partial charge is 0.236 e. The Morgan fingerprint density at radius 1 is 0.696 bits per heavy atom. The average Bonchev–Trinajstić information content (AvgIpc) is 3.00. The second kappa shape index (κ2) is 4.75. The summed E-state index contributed by atoms with van der Waals surface area (Å²) in [5.41, 5.74) is 7.51. The molecule has 23 heavy (non-hydrogen) atoms. The summed E-state index contributed by atoms with van der Waals surface area (Å²) in [7, 11) is 0. The molecule has 1 aliphatic rings. The van der Waals surface area contributed by atoms with Crippen LogP contribution in [0.15, 0.2) is 72.9 Å². The summed E-state index contributed by atoms with van der Waals surface area (Å²) in [6, 6.07) is 23.2. The van der Waals surface area contributed by atoms with Gasteiger partial charge in [-0.1, -0.05) is 60.7 Å². The zero-order chi connectivity index (χ0) is 15.2. The van der Waals surface area contributed by atoms with E-state index in [4.69, 9.17) is 4.98 Å². The number of para-hydroxylation sites is 1. The molecule has 0 fully saturated rings. The Morgan fingerprint density at radius 2 is 1.48 bits per heavy atom. The predicted octanol–water partition coefficient (Wildman–Crippen LogP) is 4.87. The smallest absolute Gasteiger partial charge is 0.160 e. The maximum atomic E-state index is 4.77. The van der Waals surface area contributed by atoms with Crippen molar-refractivity contribution in [3.8, 4) is 22.5 Å². The van der Waals surface area contributed by atoms with E-state index in [1.54, 1.807) is 0 Å². The molecule has 0 radical (unpaired) electrons. The van der Waals surface area contributed by atoms with E-state index in [9.17, 15) is 0 Å². The standard InChI is InChI=1S/C21H14N2/c1-3-8-16-14(6-1)12-19-17(16)9-5-10-18(19)21-22-13-15-7-2-4-11-20(15)23-21/h1-11,13H,12H2. The second-order valence-corrected chi connectivity index (χ2v) is 5.92. The van der Waals surface area contributed by atoms with Crippen LogP contribution in [0.2, 0.25) is 0 Å². The van der Waals surface area contributed by atoms with E-state index < -0.39 is 0 Å². The van der Waals surface area contributed by atoms with Gasteiger partial charge in [0.1, 0.15) is 0 Å². The Labute approximate surface area is 134 Å². The third kappa shape index (κ3) is 1.88. The van der Waals surface area contributed by atoms with E-state index in [1.165, 1.54) is 22.3 Å². The van der Waals surface area contributed by atoms with E-state index in [2.05, 4.69) is 47.4 Å². The Bertz CT molecular complexity index is 1050. The van der Waals surface area contributed by atoms with Gasteiger partial charge in [-0.15, -0.1) is 0 Å². The number of hydrogen-bond acceptors (Lipinski definition) is 2. The number of fused-ring (bicyclic) bond motifs is 4. The minimum absolute atomic E-state index is 0.813. The summed E-state index contributed by atoms with van der Waals surface area (Å²) < 4.78 is 0. The molecule has 4 aromatic rings. The SMILES string of the molecule is c1ccc2c(c1)Cc1c(-c3ncc4ccccc4n3)cccc1-2. The minimum atomic E-state index is 0.813. The lowest BCUT2D eigenvalue weighted by molar-refractivity contribution is 1.19. The normalized spacial score (nSPS) is 12.2. The van der Waals surface area contributed by atoms with Crippen molar-refractivity contribution in [3.63, 3.8) is 0 Å². The second-order valence-electron chi connectivity index (χ2n) is 5.92. The molecule has 0 unspecified atom stereocenters. The topological polar surface area (TPSA) is 25.8 Å². The van der Waals surface area contributed by atoms with Crippen LogP contribution >= 0.6 is 0 Å². The van der Waals surface area contributed by atoms with Crippen LogP contribution in [0.3, 0.4) is 0 Å². The summed E-state index contributed by atoms with van der Waals surface area (Å²) in [4.78, 5) is 9.38. The lowest BCUT2D eigenvalue weighted by atomic mass is 10.0. The zero-order valence-corrected chi connectivity index (χ0v) is 12.5. The molecule has 108 valence electrons. The molecule has 0 N–H and O–H groups in total. The van der Waals surface area contributed by atoms with Crippen LogP contribution in [-0.2, 0) is 6.42 Å². The van der Waals surface area contributed by atoms with Gasteiger partial charge in [0.25, 0.3) is 0 Å². The first-order valence-electron chi connectivity index (χ1n) is 7.82. The van der Waals surface area contributed by atoms with Crippen molar-refractivity contribution < 1.29 is 0 Å². The van der Waals surface area contributed by atoms with Gasteiger partial charge in [0, 0.05) is 17.1 Å². The van der Waals surface area contributed by atoms with Gasteiger partial charge in [-0.25, -0.2) is 9.97 Å². The molecule has 0 spiro atoms. The monoisotopic (exact) mass is 294 g/mol. The van der Waals surface area contributed by atoms with E-state index in [0.717, 1.165) is 28.7 Å². The summed E-state index contributed by atoms with van der Waals surface area (Å²) in [6.45, 7) is 0. The Kier molecular flexibility index (Phi) is 2.59. The molecule has 2 nitrogen and oxygen atoms in total. The van der Waals surface area contributed by atoms with Crippen molar-refractivity contribution in [2.75, 3.05) is 0 Å². The van der Waals surface area contributed by atoms with Crippen molar-refractivity contribution in [2.45, 2.75) is 6.42 Å². The molecule has 2 heteroatoms. The molecular formula is C21H14N2. The highest BCUT2D eigenvalue weighted by atomic mass is 14.9. The molecule has 1 aromatic heterocycles. The fourth-order valence-electron chi connectivity index (χ4n) is 3.47. The van der Waals surface area contributed by atoms with Crippen molar-refractivity contribution in [1.82, 2.24) is 9.97 Å². The third-order valence-electron chi connectivity index (χ3n) is 4.58. The van der Waals surface area contributed by atoms with Crippen molar-refractivity contribution in [2.24, 2.45) is 0 Å². The van der Waals surface area contributed by atoms with E-state index in [0.29, 0.717) is 0 Å². The molecule has 1 heterocycles. The van der Waals surface area contributed by atoms with Crippen LogP contribution in [0.4, 0.5) is 0 Å². The number of hydrogen-bond donors (Lipinski definition) is 0. The van der Waals surface area contributed by atoms with E-state index in [-0.39, 0.29) is 0 Å². The minimum Gasteiger partial charge on any atom is -0.236 e. The molecule has 1 aliphatic carbocycles. The highest BCUT2D eigenvalue weighted by Crippen LogP contribution is 2.40. The van der Waals surface area contributed by atoms with Crippen LogP contribution in [0.5, 0.6) is 0 Å². The van der Waals surface area contributed by atoms with Crippen molar-refractivity contribution >= 4 is 10.9 Å². The molecule has 3 aromatic carbocycles. The van der Waals surface area contributed by atoms with E-state index >= 15 is 0 Å². The molecule has 0 saturated heterocycles. The number of aromatic nitrogens is 2. The molecule has 0 bridgehead atoms. The highest BCUT2D eigenvalue weighted by molar-refractivity contribution is 5.85. The van der Waals surface area contributed by atoms with Gasteiger partial charge in [-0.3, -0.25) is 0 Å². The van der Waals surface area contributed by atoms with Gasteiger partial charge in [-0.2, -0.15) is 0 Å². The average molecular weight is 294 g/mol. The predicted molar refractivity (Wildman–Crippen MR) is 93.2 cm³/mol. The van der Waals surface area contributed by atoms with Crippen molar-refractivity contribution in [1.29, 1.82) is 0 Å². The molecule has 0 atom stereocenters. The summed E-state index contributed by atoms with van der Waals surface area (Å²) in [5, 5.41) is 1.08. The fraction of sp³-hybridized carbons (Fsp3) is 0.0476. The number of rotatable bonds is 1. The Hall–Kier alpha value is -3.00. The zero-order valence-electron chi connectivity index (χ0n) is 12.5. The molecule has 5 rings (SSSR count). The third-order valence-corrected chi connectivity index (χ3v) is 4.58. The highest BCUT2D eigenvalue weighted by Gasteiger charge is 2.21. The Balaban J connectivity index is 1.73. The Morgan fingerprint density at radius 3 is 2.48 bits per heavy atom. The van der Waals surface area contributed by atoms with Crippen LogP contribution < -0.4 is 0 Å². The van der Waals surface area contributed by atoms with Gasteiger partial charge >= 0.3 is 0 Å². The first-order valence-corrected chi connectivity index (χ1v) is 7.82. The summed E-state index contributed by atoms with van der Waals surface area (Å²) in [6.07, 6.45) is 2.87. The molecule has 0 amide bonds. The van der Waals surface area contributed by atoms with Gasteiger partial charge in [0.05, 0.1) is 5.52 Å². The molecule has 0 aliphatic heterocycles. The van der Waals surface area contributed by atoms with Gasteiger partial charge < -0.3 is 0 Å². The van der Waals surface area contributed by atoms with Crippen LogP contribution in [0, 0.1) is 0 Å². The van der Waals surface area contributed by atoms with Gasteiger partial charge in [0.2, 0.25) is 0 Å². The summed E-state index contributed by atoms with van der Waals surface area (Å²) in [5.74, 6) is 0.813.